The number of carbonyl (C=O) groups is 1. The number of halogens is 1. The molecule has 4 aromatic carbocycles. The minimum atomic E-state index is -0.228. The summed E-state index contributed by atoms with van der Waals surface area (Å²) in [6.07, 6.45) is 1.52. The van der Waals surface area contributed by atoms with E-state index >= 15 is 0 Å². The van der Waals surface area contributed by atoms with Gasteiger partial charge in [-0.15, -0.1) is 11.3 Å². The maximum absolute atomic E-state index is 12.2. The fraction of sp³-hybridized carbons (Fsp3) is 0.107. The lowest BCUT2D eigenvalue weighted by molar-refractivity contribution is -0.118. The largest absolute Gasteiger partial charge is 0.493 e. The van der Waals surface area contributed by atoms with Gasteiger partial charge in [-0.3, -0.25) is 4.79 Å². The van der Waals surface area contributed by atoms with Gasteiger partial charge in [0.15, 0.2) is 15.8 Å². The van der Waals surface area contributed by atoms with Crippen LogP contribution < -0.4 is 14.9 Å². The zero-order valence-corrected chi connectivity index (χ0v) is 22.2. The molecule has 0 saturated carbocycles. The average Bonchev–Trinajstić information content (AvgIpc) is 3.34. The highest BCUT2D eigenvalue weighted by Crippen LogP contribution is 2.37. The van der Waals surface area contributed by atoms with Crippen LogP contribution in [-0.4, -0.2) is 30.0 Å². The van der Waals surface area contributed by atoms with E-state index in [1.807, 2.05) is 48.5 Å². The summed E-state index contributed by atoms with van der Waals surface area (Å²) < 4.78 is 13.5. The Morgan fingerprint density at radius 1 is 1.11 bits per heavy atom. The number of nitrogens with one attached hydrogen (secondary N) is 1. The lowest BCUT2D eigenvalue weighted by Gasteiger charge is -2.14. The smallest absolute Gasteiger partial charge is 0.250 e. The quantitative estimate of drug-likeness (QED) is 0.123. The van der Waals surface area contributed by atoms with Gasteiger partial charge in [0.25, 0.3) is 5.91 Å². The number of rotatable bonds is 9. The number of para-hydroxylation sites is 1. The molecule has 1 N–H and O–H groups in total. The number of hydrazone groups is 1. The molecule has 0 aliphatic heterocycles. The number of ether oxygens (including phenoxy) is 2. The molecule has 0 radical (unpaired) electrons. The van der Waals surface area contributed by atoms with Crippen LogP contribution in [0.4, 0.5) is 0 Å². The Labute approximate surface area is 227 Å². The highest BCUT2D eigenvalue weighted by Gasteiger charge is 2.13. The van der Waals surface area contributed by atoms with Crippen LogP contribution in [0.2, 0.25) is 5.02 Å². The molecule has 0 bridgehead atoms. The van der Waals surface area contributed by atoms with Crippen molar-refractivity contribution < 1.29 is 14.3 Å². The molecule has 5 rings (SSSR count). The fourth-order valence-corrected chi connectivity index (χ4v) is 5.91. The first-order valence-electron chi connectivity index (χ1n) is 11.4. The summed E-state index contributed by atoms with van der Waals surface area (Å²) in [5.41, 5.74) is 5.19. The van der Waals surface area contributed by atoms with Gasteiger partial charge in [0.05, 0.1) is 34.3 Å². The first kappa shape index (κ1) is 25.1. The fourth-order valence-electron chi connectivity index (χ4n) is 3.77. The monoisotopic (exact) mass is 547 g/mol. The number of benzene rings is 4. The van der Waals surface area contributed by atoms with E-state index in [0.717, 1.165) is 30.9 Å². The Kier molecular flexibility index (Phi) is 7.89. The van der Waals surface area contributed by atoms with Crippen molar-refractivity contribution >= 4 is 67.8 Å². The molecule has 0 spiro atoms. The third-order valence-corrected chi connectivity index (χ3v) is 7.97. The number of hydrogen-bond donors (Lipinski definition) is 1. The topological polar surface area (TPSA) is 72.8 Å². The van der Waals surface area contributed by atoms with Gasteiger partial charge in [0, 0.05) is 0 Å². The SMILES string of the molecule is COc1cc(/C=N\NC(=O)CSc2nc3ccccc3s2)cc(Cl)c1OCc1cccc2ccccc12. The van der Waals surface area contributed by atoms with E-state index in [2.05, 4.69) is 33.7 Å². The van der Waals surface area contributed by atoms with Crippen LogP contribution in [0.25, 0.3) is 21.0 Å². The number of hydrogen-bond acceptors (Lipinski definition) is 7. The van der Waals surface area contributed by atoms with Crippen LogP contribution in [0.5, 0.6) is 11.5 Å². The van der Waals surface area contributed by atoms with Crippen molar-refractivity contribution in [3.63, 3.8) is 0 Å². The zero-order valence-electron chi connectivity index (χ0n) is 19.8. The summed E-state index contributed by atoms with van der Waals surface area (Å²) in [4.78, 5) is 16.8. The van der Waals surface area contributed by atoms with E-state index in [1.54, 1.807) is 30.6 Å². The number of methoxy groups -OCH3 is 1. The summed E-state index contributed by atoms with van der Waals surface area (Å²) in [5.74, 6) is 0.911. The third kappa shape index (κ3) is 6.05. The molecule has 0 aliphatic rings. The first-order chi connectivity index (χ1) is 18.1. The molecular weight excluding hydrogens is 526 g/mol. The van der Waals surface area contributed by atoms with Crippen molar-refractivity contribution in [3.05, 3.63) is 95.0 Å². The standard InChI is InChI=1S/C28H22ClN3O3S2/c1-34-24-14-18(15-30-32-26(33)17-36-28-31-23-11-4-5-12-25(23)37-28)13-22(29)27(24)35-16-20-9-6-8-19-7-2-3-10-21(19)20/h2-15H,16-17H2,1H3,(H,32,33)/b30-15-. The lowest BCUT2D eigenvalue weighted by Crippen LogP contribution is -2.19. The molecule has 1 aromatic heterocycles. The maximum atomic E-state index is 12.2. The van der Waals surface area contributed by atoms with Crippen molar-refractivity contribution in [2.75, 3.05) is 12.9 Å². The van der Waals surface area contributed by atoms with Gasteiger partial charge >= 0.3 is 0 Å². The van der Waals surface area contributed by atoms with Crippen molar-refractivity contribution in [1.82, 2.24) is 10.4 Å². The Morgan fingerprint density at radius 3 is 2.78 bits per heavy atom. The van der Waals surface area contributed by atoms with Gasteiger partial charge in [0.1, 0.15) is 6.61 Å². The summed E-state index contributed by atoms with van der Waals surface area (Å²) in [6, 6.07) is 25.6. The van der Waals surface area contributed by atoms with Gasteiger partial charge in [-0.1, -0.05) is 78.0 Å². The second-order valence-corrected chi connectivity index (χ2v) is 10.7. The molecule has 0 aliphatic carbocycles. The van der Waals surface area contributed by atoms with Crippen LogP contribution >= 0.6 is 34.7 Å². The molecule has 186 valence electrons. The zero-order chi connectivity index (χ0) is 25.6. The summed E-state index contributed by atoms with van der Waals surface area (Å²) >= 11 is 9.47. The number of nitrogens with zero attached hydrogens (tertiary/aromatic N) is 2. The molecule has 5 aromatic rings. The van der Waals surface area contributed by atoms with Gasteiger partial charge in [-0.05, 0) is 46.2 Å². The highest BCUT2D eigenvalue weighted by molar-refractivity contribution is 8.01. The predicted octanol–water partition coefficient (Wildman–Crippen LogP) is 6.93. The Bertz CT molecular complexity index is 1560. The van der Waals surface area contributed by atoms with E-state index in [1.165, 1.54) is 18.0 Å². The number of fused-ring (bicyclic) bond motifs is 2. The minimum Gasteiger partial charge on any atom is -0.493 e. The number of carbonyl (C=O) groups excluding carboxylic acids is 1. The second-order valence-electron chi connectivity index (χ2n) is 7.99. The van der Waals surface area contributed by atoms with Gasteiger partial charge in [-0.2, -0.15) is 5.10 Å². The van der Waals surface area contributed by atoms with Crippen LogP contribution in [0.15, 0.2) is 88.3 Å². The van der Waals surface area contributed by atoms with Crippen molar-refractivity contribution in [3.8, 4) is 11.5 Å². The molecule has 6 nitrogen and oxygen atoms in total. The van der Waals surface area contributed by atoms with E-state index < -0.39 is 0 Å². The lowest BCUT2D eigenvalue weighted by atomic mass is 10.1. The highest BCUT2D eigenvalue weighted by atomic mass is 35.5. The number of thiazole rings is 1. The predicted molar refractivity (Wildman–Crippen MR) is 152 cm³/mol. The number of amides is 1. The summed E-state index contributed by atoms with van der Waals surface area (Å²) in [5, 5.41) is 6.72. The number of thioether (sulfide) groups is 1. The van der Waals surface area contributed by atoms with E-state index in [9.17, 15) is 4.79 Å². The van der Waals surface area contributed by atoms with Gasteiger partial charge < -0.3 is 9.47 Å². The van der Waals surface area contributed by atoms with Gasteiger partial charge in [-0.25, -0.2) is 10.4 Å². The first-order valence-corrected chi connectivity index (χ1v) is 13.6. The van der Waals surface area contributed by atoms with Crippen molar-refractivity contribution in [1.29, 1.82) is 0 Å². The minimum absolute atomic E-state index is 0.211. The number of aromatic nitrogens is 1. The summed E-state index contributed by atoms with van der Waals surface area (Å²) in [6.45, 7) is 0.341. The molecule has 0 fully saturated rings. The Morgan fingerprint density at radius 2 is 1.92 bits per heavy atom. The molecule has 0 saturated heterocycles. The van der Waals surface area contributed by atoms with E-state index in [4.69, 9.17) is 21.1 Å². The summed E-state index contributed by atoms with van der Waals surface area (Å²) in [7, 11) is 1.55. The second kappa shape index (κ2) is 11.6. The van der Waals surface area contributed by atoms with Crippen LogP contribution in [0.1, 0.15) is 11.1 Å². The average molecular weight is 548 g/mol. The van der Waals surface area contributed by atoms with E-state index in [-0.39, 0.29) is 11.7 Å². The third-order valence-electron chi connectivity index (χ3n) is 5.51. The van der Waals surface area contributed by atoms with Crippen LogP contribution in [-0.2, 0) is 11.4 Å². The van der Waals surface area contributed by atoms with E-state index in [0.29, 0.717) is 28.7 Å². The normalized spacial score (nSPS) is 11.3. The van der Waals surface area contributed by atoms with Crippen molar-refractivity contribution in [2.45, 2.75) is 10.9 Å². The molecule has 1 amide bonds. The molecule has 9 heteroatoms. The van der Waals surface area contributed by atoms with Crippen LogP contribution in [0.3, 0.4) is 0 Å². The van der Waals surface area contributed by atoms with Crippen LogP contribution in [0, 0.1) is 0 Å². The Hall–Kier alpha value is -3.59. The maximum Gasteiger partial charge on any atom is 0.250 e. The molecule has 1 heterocycles. The van der Waals surface area contributed by atoms with Gasteiger partial charge in [0.2, 0.25) is 0 Å². The molecule has 0 atom stereocenters. The van der Waals surface area contributed by atoms with Crippen molar-refractivity contribution in [2.24, 2.45) is 5.10 Å². The molecule has 37 heavy (non-hydrogen) atoms. The molecule has 0 unspecified atom stereocenters. The molecular formula is C28H22ClN3O3S2. The Balaban J connectivity index is 1.20.